The second kappa shape index (κ2) is 7.12. The topological polar surface area (TPSA) is 12.0 Å². The van der Waals surface area contributed by atoms with Gasteiger partial charge in [0.1, 0.15) is 0 Å². The van der Waals surface area contributed by atoms with E-state index >= 15 is 0 Å². The Labute approximate surface area is 130 Å². The van der Waals surface area contributed by atoms with Gasteiger partial charge in [-0.3, -0.25) is 0 Å². The van der Waals surface area contributed by atoms with Gasteiger partial charge in [-0.1, -0.05) is 66.5 Å². The Bertz CT molecular complexity index is 581. The average molecular weight is 308 g/mol. The summed E-state index contributed by atoms with van der Waals surface area (Å²) < 4.78 is 0. The predicted octanol–water partition coefficient (Wildman–Crippen LogP) is 5.39. The molecule has 0 amide bonds. The van der Waals surface area contributed by atoms with E-state index in [1.165, 1.54) is 11.1 Å². The van der Waals surface area contributed by atoms with Crippen LogP contribution in [0.4, 0.5) is 0 Å². The molecule has 2 rings (SSSR count). The molecule has 0 fully saturated rings. The van der Waals surface area contributed by atoms with Gasteiger partial charge in [-0.25, -0.2) is 0 Å². The molecule has 1 atom stereocenters. The van der Waals surface area contributed by atoms with E-state index in [0.717, 1.165) is 18.5 Å². The maximum Gasteiger partial charge on any atom is 0.0643 e. The summed E-state index contributed by atoms with van der Waals surface area (Å²) in [6.45, 7) is 5.21. The van der Waals surface area contributed by atoms with Gasteiger partial charge in [-0.05, 0) is 42.6 Å². The monoisotopic (exact) mass is 307 g/mol. The maximum atomic E-state index is 6.40. The highest BCUT2D eigenvalue weighted by Gasteiger charge is 2.18. The molecular weight excluding hydrogens is 289 g/mol. The fourth-order valence-corrected chi connectivity index (χ4v) is 2.75. The number of benzene rings is 2. The van der Waals surface area contributed by atoms with Gasteiger partial charge in [-0.2, -0.15) is 0 Å². The highest BCUT2D eigenvalue weighted by molar-refractivity contribution is 6.42. The highest BCUT2D eigenvalue weighted by atomic mass is 35.5. The average Bonchev–Trinajstić information content (AvgIpc) is 2.45. The zero-order chi connectivity index (χ0) is 14.5. The molecule has 20 heavy (non-hydrogen) atoms. The van der Waals surface area contributed by atoms with E-state index in [2.05, 4.69) is 43.4 Å². The molecule has 106 valence electrons. The minimum absolute atomic E-state index is 0.0716. The van der Waals surface area contributed by atoms with Crippen molar-refractivity contribution in [1.29, 1.82) is 0 Å². The Morgan fingerprint density at radius 3 is 2.40 bits per heavy atom. The summed E-state index contributed by atoms with van der Waals surface area (Å²) in [6, 6.07) is 14.2. The fourth-order valence-electron chi connectivity index (χ4n) is 2.33. The Hall–Kier alpha value is -1.02. The summed E-state index contributed by atoms with van der Waals surface area (Å²) in [5.74, 6) is 0. The quantitative estimate of drug-likeness (QED) is 0.780. The van der Waals surface area contributed by atoms with Gasteiger partial charge in [-0.15, -0.1) is 0 Å². The standard InChI is InChI=1S/C17H19Cl2N/c1-3-11-20-17(13-8-5-4-7-12(13)2)14-9-6-10-15(18)16(14)19/h4-10,17,20H,3,11H2,1-2H3. The molecule has 3 heteroatoms. The molecule has 0 spiro atoms. The van der Waals surface area contributed by atoms with Gasteiger partial charge < -0.3 is 5.32 Å². The minimum Gasteiger partial charge on any atom is -0.306 e. The smallest absolute Gasteiger partial charge is 0.0643 e. The SMILES string of the molecule is CCCNC(c1ccccc1C)c1cccc(Cl)c1Cl. The molecule has 1 unspecified atom stereocenters. The van der Waals surface area contributed by atoms with Crippen molar-refractivity contribution in [2.75, 3.05) is 6.54 Å². The molecule has 0 saturated heterocycles. The normalized spacial score (nSPS) is 12.4. The zero-order valence-electron chi connectivity index (χ0n) is 11.8. The van der Waals surface area contributed by atoms with Crippen LogP contribution in [0.5, 0.6) is 0 Å². The van der Waals surface area contributed by atoms with Crippen LogP contribution in [0.3, 0.4) is 0 Å². The Kier molecular flexibility index (Phi) is 5.47. The molecular formula is C17H19Cl2N. The van der Waals surface area contributed by atoms with Gasteiger partial charge in [0, 0.05) is 0 Å². The van der Waals surface area contributed by atoms with Crippen molar-refractivity contribution in [1.82, 2.24) is 5.32 Å². The van der Waals surface area contributed by atoms with Crippen molar-refractivity contribution >= 4 is 23.2 Å². The van der Waals surface area contributed by atoms with Gasteiger partial charge in [0.25, 0.3) is 0 Å². The third-order valence-electron chi connectivity index (χ3n) is 3.39. The lowest BCUT2D eigenvalue weighted by Gasteiger charge is -2.23. The second-order valence-electron chi connectivity index (χ2n) is 4.89. The first-order valence-corrected chi connectivity index (χ1v) is 7.63. The zero-order valence-corrected chi connectivity index (χ0v) is 13.3. The Morgan fingerprint density at radius 2 is 1.70 bits per heavy atom. The number of aryl methyl sites for hydroxylation is 1. The molecule has 0 aliphatic rings. The molecule has 0 aliphatic carbocycles. The molecule has 2 aromatic rings. The van der Waals surface area contributed by atoms with Crippen molar-refractivity contribution < 1.29 is 0 Å². The molecule has 1 N–H and O–H groups in total. The van der Waals surface area contributed by atoms with E-state index in [1.54, 1.807) is 0 Å². The summed E-state index contributed by atoms with van der Waals surface area (Å²) in [5.41, 5.74) is 3.52. The van der Waals surface area contributed by atoms with Crippen molar-refractivity contribution in [2.24, 2.45) is 0 Å². The van der Waals surface area contributed by atoms with Crippen LogP contribution in [0.15, 0.2) is 42.5 Å². The van der Waals surface area contributed by atoms with Crippen LogP contribution < -0.4 is 5.32 Å². The summed E-state index contributed by atoms with van der Waals surface area (Å²) in [6.07, 6.45) is 1.07. The van der Waals surface area contributed by atoms with Crippen molar-refractivity contribution in [2.45, 2.75) is 26.3 Å². The van der Waals surface area contributed by atoms with Crippen LogP contribution in [-0.2, 0) is 0 Å². The molecule has 1 nitrogen and oxygen atoms in total. The number of hydrogen-bond acceptors (Lipinski definition) is 1. The Morgan fingerprint density at radius 1 is 1.00 bits per heavy atom. The second-order valence-corrected chi connectivity index (χ2v) is 5.67. The van der Waals surface area contributed by atoms with Crippen LogP contribution in [-0.4, -0.2) is 6.54 Å². The third-order valence-corrected chi connectivity index (χ3v) is 4.22. The molecule has 0 heterocycles. The van der Waals surface area contributed by atoms with Crippen molar-refractivity contribution in [3.63, 3.8) is 0 Å². The molecule has 0 radical (unpaired) electrons. The molecule has 0 aromatic heterocycles. The predicted molar refractivity (Wildman–Crippen MR) is 87.8 cm³/mol. The molecule has 0 saturated carbocycles. The van der Waals surface area contributed by atoms with Gasteiger partial charge in [0.15, 0.2) is 0 Å². The van der Waals surface area contributed by atoms with Crippen LogP contribution in [0.2, 0.25) is 10.0 Å². The fraction of sp³-hybridized carbons (Fsp3) is 0.294. The lowest BCUT2D eigenvalue weighted by atomic mass is 9.95. The third kappa shape index (κ3) is 3.35. The summed E-state index contributed by atoms with van der Waals surface area (Å²) in [5, 5.41) is 4.80. The van der Waals surface area contributed by atoms with E-state index in [1.807, 2.05) is 18.2 Å². The number of halogens is 2. The largest absolute Gasteiger partial charge is 0.306 e. The minimum atomic E-state index is 0.0716. The van der Waals surface area contributed by atoms with E-state index in [9.17, 15) is 0 Å². The van der Waals surface area contributed by atoms with E-state index < -0.39 is 0 Å². The van der Waals surface area contributed by atoms with E-state index in [0.29, 0.717) is 10.0 Å². The number of rotatable bonds is 5. The van der Waals surface area contributed by atoms with E-state index in [-0.39, 0.29) is 6.04 Å². The maximum absolute atomic E-state index is 6.40. The van der Waals surface area contributed by atoms with Gasteiger partial charge in [0.2, 0.25) is 0 Å². The summed E-state index contributed by atoms with van der Waals surface area (Å²) in [7, 11) is 0. The molecule has 0 bridgehead atoms. The van der Waals surface area contributed by atoms with Crippen molar-refractivity contribution in [3.8, 4) is 0 Å². The summed E-state index contributed by atoms with van der Waals surface area (Å²) >= 11 is 12.6. The van der Waals surface area contributed by atoms with Gasteiger partial charge in [0.05, 0.1) is 16.1 Å². The van der Waals surface area contributed by atoms with Crippen molar-refractivity contribution in [3.05, 3.63) is 69.2 Å². The first-order chi connectivity index (χ1) is 9.65. The van der Waals surface area contributed by atoms with Crippen LogP contribution in [0.25, 0.3) is 0 Å². The highest BCUT2D eigenvalue weighted by Crippen LogP contribution is 2.34. The molecule has 0 aliphatic heterocycles. The first-order valence-electron chi connectivity index (χ1n) is 6.88. The number of nitrogens with one attached hydrogen (secondary N) is 1. The summed E-state index contributed by atoms with van der Waals surface area (Å²) in [4.78, 5) is 0. The van der Waals surface area contributed by atoms with E-state index in [4.69, 9.17) is 23.2 Å². The Balaban J connectivity index is 2.47. The lowest BCUT2D eigenvalue weighted by molar-refractivity contribution is 0.596. The lowest BCUT2D eigenvalue weighted by Crippen LogP contribution is -2.24. The van der Waals surface area contributed by atoms with Crippen LogP contribution in [0.1, 0.15) is 36.1 Å². The van der Waals surface area contributed by atoms with Crippen LogP contribution in [0, 0.1) is 6.92 Å². The first kappa shape index (κ1) is 15.4. The molecule has 2 aromatic carbocycles. The van der Waals surface area contributed by atoms with Gasteiger partial charge >= 0.3 is 0 Å². The van der Waals surface area contributed by atoms with Crippen LogP contribution >= 0.6 is 23.2 Å². The number of hydrogen-bond donors (Lipinski definition) is 1.